The van der Waals surface area contributed by atoms with Crippen molar-refractivity contribution in [2.24, 2.45) is 5.73 Å². The van der Waals surface area contributed by atoms with Crippen molar-refractivity contribution in [3.8, 4) is 10.7 Å². The van der Waals surface area contributed by atoms with E-state index in [9.17, 15) is 0 Å². The smallest absolute Gasteiger partial charge is 0.178 e. The summed E-state index contributed by atoms with van der Waals surface area (Å²) in [5.74, 6) is 0.821. The largest absolute Gasteiger partial charge is 0.336 e. The summed E-state index contributed by atoms with van der Waals surface area (Å²) in [6.45, 7) is 4.47. The topological polar surface area (TPSA) is 80.5 Å². The normalized spacial score (nSPS) is 11.3. The van der Waals surface area contributed by atoms with E-state index in [2.05, 4.69) is 19.9 Å². The molecular formula is C12H13N5S. The van der Waals surface area contributed by atoms with E-state index >= 15 is 0 Å². The molecule has 0 aliphatic carbocycles. The number of pyridine rings is 1. The summed E-state index contributed by atoms with van der Waals surface area (Å²) in [6, 6.07) is 1.97. The highest BCUT2D eigenvalue weighted by atomic mass is 32.1. The number of aromatic nitrogens is 4. The second kappa shape index (κ2) is 4.15. The van der Waals surface area contributed by atoms with Crippen LogP contribution in [0.2, 0.25) is 0 Å². The van der Waals surface area contributed by atoms with Crippen LogP contribution in [-0.4, -0.2) is 19.9 Å². The molecule has 0 aliphatic rings. The van der Waals surface area contributed by atoms with E-state index in [1.165, 1.54) is 0 Å². The van der Waals surface area contributed by atoms with Crippen LogP contribution in [0.4, 0.5) is 0 Å². The monoisotopic (exact) mass is 259 g/mol. The fraction of sp³-hybridized carbons (Fsp3) is 0.250. The minimum absolute atomic E-state index is 0.461. The second-order valence-corrected chi connectivity index (χ2v) is 5.22. The van der Waals surface area contributed by atoms with E-state index in [0.29, 0.717) is 6.54 Å². The maximum atomic E-state index is 5.61. The fourth-order valence-electron chi connectivity index (χ4n) is 1.90. The Hall–Kier alpha value is -1.79. The number of nitrogens with zero attached hydrogens (tertiary/aromatic N) is 3. The molecule has 0 aromatic carbocycles. The Morgan fingerprint density at radius 3 is 2.83 bits per heavy atom. The van der Waals surface area contributed by atoms with Crippen molar-refractivity contribution in [1.82, 2.24) is 19.9 Å². The molecule has 0 saturated carbocycles. The number of nitrogens with two attached hydrogens (primary N) is 1. The highest BCUT2D eigenvalue weighted by molar-refractivity contribution is 7.15. The number of aromatic amines is 1. The summed E-state index contributed by atoms with van der Waals surface area (Å²) in [6.07, 6.45) is 1.77. The molecule has 0 fully saturated rings. The number of aryl methyl sites for hydroxylation is 2. The maximum absolute atomic E-state index is 5.61. The Morgan fingerprint density at radius 1 is 1.33 bits per heavy atom. The third-order valence-corrected chi connectivity index (χ3v) is 4.02. The lowest BCUT2D eigenvalue weighted by atomic mass is 10.3. The Bertz CT molecular complexity index is 712. The van der Waals surface area contributed by atoms with Gasteiger partial charge in [0.1, 0.15) is 5.01 Å². The average molecular weight is 259 g/mol. The van der Waals surface area contributed by atoms with Crippen LogP contribution in [0.3, 0.4) is 0 Å². The van der Waals surface area contributed by atoms with Crippen molar-refractivity contribution in [3.63, 3.8) is 0 Å². The first-order valence-electron chi connectivity index (χ1n) is 5.67. The minimum Gasteiger partial charge on any atom is -0.336 e. The summed E-state index contributed by atoms with van der Waals surface area (Å²) in [5.41, 5.74) is 9.43. The van der Waals surface area contributed by atoms with Crippen molar-refractivity contribution < 1.29 is 0 Å². The minimum atomic E-state index is 0.461. The van der Waals surface area contributed by atoms with Gasteiger partial charge in [-0.3, -0.25) is 0 Å². The molecule has 92 valence electrons. The molecule has 3 N–H and O–H groups in total. The molecule has 0 aliphatic heterocycles. The molecule has 3 aromatic rings. The molecule has 0 unspecified atom stereocenters. The van der Waals surface area contributed by atoms with Gasteiger partial charge in [0.25, 0.3) is 0 Å². The number of thiazole rings is 1. The first-order chi connectivity index (χ1) is 8.69. The summed E-state index contributed by atoms with van der Waals surface area (Å²) in [5, 5.41) is 0.924. The molecule has 3 heterocycles. The number of imidazole rings is 1. The van der Waals surface area contributed by atoms with Gasteiger partial charge in [-0.05, 0) is 25.5 Å². The number of H-pyrrole nitrogens is 1. The van der Waals surface area contributed by atoms with E-state index in [1.54, 1.807) is 17.5 Å². The van der Waals surface area contributed by atoms with Crippen LogP contribution in [-0.2, 0) is 6.54 Å². The summed E-state index contributed by atoms with van der Waals surface area (Å²) < 4.78 is 0. The highest BCUT2D eigenvalue weighted by Gasteiger charge is 2.14. The van der Waals surface area contributed by atoms with Crippen LogP contribution in [0, 0.1) is 13.8 Å². The lowest BCUT2D eigenvalue weighted by Gasteiger charge is -1.91. The molecule has 3 rings (SSSR count). The third-order valence-electron chi connectivity index (χ3n) is 2.83. The van der Waals surface area contributed by atoms with Gasteiger partial charge in [0.2, 0.25) is 0 Å². The Kier molecular flexibility index (Phi) is 2.61. The Morgan fingerprint density at radius 2 is 2.17 bits per heavy atom. The standard InChI is InChI=1S/C12H13N5S/c1-6-3-4-14-11-9(6)16-12(17-11)10-7(2)15-8(5-13)18-10/h3-4H,5,13H2,1-2H3,(H,14,16,17). The van der Waals surface area contributed by atoms with Crippen LogP contribution in [0.1, 0.15) is 16.3 Å². The van der Waals surface area contributed by atoms with E-state index < -0.39 is 0 Å². The van der Waals surface area contributed by atoms with Gasteiger partial charge in [-0.25, -0.2) is 15.0 Å². The fourth-order valence-corrected chi connectivity index (χ4v) is 2.79. The van der Waals surface area contributed by atoms with Gasteiger partial charge in [0.05, 0.1) is 16.1 Å². The number of hydrogen-bond donors (Lipinski definition) is 2. The van der Waals surface area contributed by atoms with Crippen LogP contribution >= 0.6 is 11.3 Å². The zero-order valence-electron chi connectivity index (χ0n) is 10.2. The van der Waals surface area contributed by atoms with E-state index in [1.807, 2.05) is 19.9 Å². The number of hydrogen-bond acceptors (Lipinski definition) is 5. The third kappa shape index (κ3) is 1.70. The zero-order valence-corrected chi connectivity index (χ0v) is 11.0. The van der Waals surface area contributed by atoms with E-state index in [4.69, 9.17) is 5.73 Å². The first-order valence-corrected chi connectivity index (χ1v) is 6.48. The first kappa shape index (κ1) is 11.3. The Balaban J connectivity index is 2.19. The Labute approximate surface area is 108 Å². The van der Waals surface area contributed by atoms with Gasteiger partial charge >= 0.3 is 0 Å². The summed E-state index contributed by atoms with van der Waals surface area (Å²) in [4.78, 5) is 17.5. The second-order valence-electron chi connectivity index (χ2n) is 4.14. The van der Waals surface area contributed by atoms with Gasteiger partial charge in [0.15, 0.2) is 11.5 Å². The van der Waals surface area contributed by atoms with Gasteiger partial charge in [-0.1, -0.05) is 0 Å². The molecule has 0 amide bonds. The highest BCUT2D eigenvalue weighted by Crippen LogP contribution is 2.29. The van der Waals surface area contributed by atoms with Crippen molar-refractivity contribution in [3.05, 3.63) is 28.5 Å². The molecular weight excluding hydrogens is 246 g/mol. The lowest BCUT2D eigenvalue weighted by Crippen LogP contribution is -1.94. The predicted molar refractivity (Wildman–Crippen MR) is 72.4 cm³/mol. The molecule has 18 heavy (non-hydrogen) atoms. The molecule has 0 bridgehead atoms. The van der Waals surface area contributed by atoms with Gasteiger partial charge in [-0.15, -0.1) is 11.3 Å². The molecule has 0 saturated heterocycles. The molecule has 0 spiro atoms. The number of nitrogens with one attached hydrogen (secondary N) is 1. The van der Waals surface area contributed by atoms with Crippen LogP contribution < -0.4 is 5.73 Å². The van der Waals surface area contributed by atoms with Gasteiger partial charge in [-0.2, -0.15) is 0 Å². The van der Waals surface area contributed by atoms with Gasteiger partial charge in [0, 0.05) is 12.7 Å². The number of fused-ring (bicyclic) bond motifs is 1. The molecule has 3 aromatic heterocycles. The van der Waals surface area contributed by atoms with Crippen LogP contribution in [0.5, 0.6) is 0 Å². The van der Waals surface area contributed by atoms with Crippen molar-refractivity contribution in [1.29, 1.82) is 0 Å². The summed E-state index contributed by atoms with van der Waals surface area (Å²) in [7, 11) is 0. The summed E-state index contributed by atoms with van der Waals surface area (Å²) >= 11 is 1.58. The van der Waals surface area contributed by atoms with Crippen molar-refractivity contribution >= 4 is 22.5 Å². The SMILES string of the molecule is Cc1nc(CN)sc1-c1nc2nccc(C)c2[nH]1. The van der Waals surface area contributed by atoms with Gasteiger partial charge < -0.3 is 10.7 Å². The quantitative estimate of drug-likeness (QED) is 0.739. The van der Waals surface area contributed by atoms with E-state index in [0.717, 1.165) is 38.1 Å². The number of rotatable bonds is 2. The molecule has 6 heteroatoms. The lowest BCUT2D eigenvalue weighted by molar-refractivity contribution is 1.02. The predicted octanol–water partition coefficient (Wildman–Crippen LogP) is 2.16. The van der Waals surface area contributed by atoms with E-state index in [-0.39, 0.29) is 0 Å². The van der Waals surface area contributed by atoms with Crippen LogP contribution in [0.15, 0.2) is 12.3 Å². The van der Waals surface area contributed by atoms with Crippen molar-refractivity contribution in [2.45, 2.75) is 20.4 Å². The molecule has 0 atom stereocenters. The molecule has 0 radical (unpaired) electrons. The molecule has 5 nitrogen and oxygen atoms in total. The zero-order chi connectivity index (χ0) is 12.7. The van der Waals surface area contributed by atoms with Crippen LogP contribution in [0.25, 0.3) is 21.9 Å². The van der Waals surface area contributed by atoms with Crippen molar-refractivity contribution in [2.75, 3.05) is 0 Å². The maximum Gasteiger partial charge on any atom is 0.178 e. The average Bonchev–Trinajstić information content (AvgIpc) is 2.93.